The normalized spacial score (nSPS) is 18.3. The van der Waals surface area contributed by atoms with Gasteiger partial charge in [-0.05, 0) is 43.4 Å². The number of hydrogen-bond donors (Lipinski definition) is 1. The first-order valence-electron chi connectivity index (χ1n) is 7.26. The topological polar surface area (TPSA) is 21.3 Å². The molecule has 1 aliphatic rings. The lowest BCUT2D eigenvalue weighted by molar-refractivity contribution is 0.280. The van der Waals surface area contributed by atoms with E-state index in [4.69, 9.17) is 4.74 Å². The fraction of sp³-hybridized carbons (Fsp3) is 0.625. The van der Waals surface area contributed by atoms with E-state index >= 15 is 0 Å². The van der Waals surface area contributed by atoms with Crippen LogP contribution in [0, 0.1) is 11.7 Å². The summed E-state index contributed by atoms with van der Waals surface area (Å²) in [5, 5.41) is 3.53. The minimum absolute atomic E-state index is 0.285. The zero-order chi connectivity index (χ0) is 13.7. The SMILES string of the molecule is COc1ccc(CN[C@H](C)C2CCCCC2)cc1F. The van der Waals surface area contributed by atoms with Gasteiger partial charge in [0.05, 0.1) is 7.11 Å². The minimum Gasteiger partial charge on any atom is -0.494 e. The zero-order valence-corrected chi connectivity index (χ0v) is 11.9. The summed E-state index contributed by atoms with van der Waals surface area (Å²) in [6, 6.07) is 5.67. The Kier molecular flexibility index (Phi) is 5.20. The number of halogens is 1. The van der Waals surface area contributed by atoms with Crippen molar-refractivity contribution in [2.45, 2.75) is 51.6 Å². The molecule has 0 aliphatic heterocycles. The molecule has 0 saturated heterocycles. The molecule has 1 fully saturated rings. The van der Waals surface area contributed by atoms with Crippen LogP contribution in [-0.4, -0.2) is 13.2 Å². The van der Waals surface area contributed by atoms with E-state index in [0.717, 1.165) is 18.0 Å². The van der Waals surface area contributed by atoms with Crippen LogP contribution in [0.3, 0.4) is 0 Å². The van der Waals surface area contributed by atoms with Crippen molar-refractivity contribution < 1.29 is 9.13 Å². The third-order valence-corrected chi connectivity index (χ3v) is 4.20. The van der Waals surface area contributed by atoms with E-state index in [1.807, 2.05) is 6.07 Å². The molecule has 0 unspecified atom stereocenters. The Hall–Kier alpha value is -1.09. The Labute approximate surface area is 115 Å². The monoisotopic (exact) mass is 265 g/mol. The highest BCUT2D eigenvalue weighted by Gasteiger charge is 2.19. The predicted octanol–water partition coefficient (Wildman–Crippen LogP) is 3.89. The summed E-state index contributed by atoms with van der Waals surface area (Å²) in [5.74, 6) is 0.799. The number of nitrogens with one attached hydrogen (secondary N) is 1. The average Bonchev–Trinajstić information content (AvgIpc) is 2.46. The van der Waals surface area contributed by atoms with Crippen molar-refractivity contribution in [1.82, 2.24) is 5.32 Å². The fourth-order valence-corrected chi connectivity index (χ4v) is 2.90. The number of hydrogen-bond acceptors (Lipinski definition) is 2. The van der Waals surface area contributed by atoms with Crippen LogP contribution in [0.25, 0.3) is 0 Å². The molecule has 1 aromatic rings. The van der Waals surface area contributed by atoms with Gasteiger partial charge in [0.1, 0.15) is 0 Å². The fourth-order valence-electron chi connectivity index (χ4n) is 2.90. The van der Waals surface area contributed by atoms with Gasteiger partial charge >= 0.3 is 0 Å². The van der Waals surface area contributed by atoms with E-state index in [1.165, 1.54) is 39.2 Å². The average molecular weight is 265 g/mol. The quantitative estimate of drug-likeness (QED) is 0.872. The van der Waals surface area contributed by atoms with Crippen LogP contribution in [0.1, 0.15) is 44.6 Å². The molecule has 3 heteroatoms. The number of benzene rings is 1. The molecule has 106 valence electrons. The van der Waals surface area contributed by atoms with Crippen LogP contribution in [0.15, 0.2) is 18.2 Å². The second kappa shape index (κ2) is 6.90. The Bertz CT molecular complexity index is 402. The summed E-state index contributed by atoms with van der Waals surface area (Å²) >= 11 is 0. The maximum atomic E-state index is 13.6. The van der Waals surface area contributed by atoms with Crippen molar-refractivity contribution in [3.05, 3.63) is 29.6 Å². The Morgan fingerprint density at radius 3 is 2.68 bits per heavy atom. The van der Waals surface area contributed by atoms with E-state index in [-0.39, 0.29) is 5.82 Å². The van der Waals surface area contributed by atoms with Gasteiger partial charge in [0.25, 0.3) is 0 Å². The highest BCUT2D eigenvalue weighted by Crippen LogP contribution is 2.26. The molecule has 1 N–H and O–H groups in total. The zero-order valence-electron chi connectivity index (χ0n) is 11.9. The largest absolute Gasteiger partial charge is 0.494 e. The molecule has 0 spiro atoms. The first kappa shape index (κ1) is 14.3. The molecule has 1 aromatic carbocycles. The number of methoxy groups -OCH3 is 1. The van der Waals surface area contributed by atoms with Crippen LogP contribution in [0.4, 0.5) is 4.39 Å². The molecule has 0 heterocycles. The highest BCUT2D eigenvalue weighted by molar-refractivity contribution is 5.29. The van der Waals surface area contributed by atoms with Gasteiger partial charge in [0.15, 0.2) is 11.6 Å². The van der Waals surface area contributed by atoms with Crippen LogP contribution in [0.2, 0.25) is 0 Å². The van der Waals surface area contributed by atoms with Gasteiger partial charge in [-0.25, -0.2) is 4.39 Å². The second-order valence-electron chi connectivity index (χ2n) is 5.54. The molecule has 2 nitrogen and oxygen atoms in total. The summed E-state index contributed by atoms with van der Waals surface area (Å²) < 4.78 is 18.5. The van der Waals surface area contributed by atoms with Gasteiger partial charge in [-0.15, -0.1) is 0 Å². The Balaban J connectivity index is 1.85. The van der Waals surface area contributed by atoms with Crippen LogP contribution in [0.5, 0.6) is 5.75 Å². The molecule has 0 bridgehead atoms. The smallest absolute Gasteiger partial charge is 0.165 e. The minimum atomic E-state index is -0.285. The van der Waals surface area contributed by atoms with Crippen LogP contribution in [-0.2, 0) is 6.54 Å². The van der Waals surface area contributed by atoms with Gasteiger partial charge in [-0.3, -0.25) is 0 Å². The first-order chi connectivity index (χ1) is 9.20. The van der Waals surface area contributed by atoms with Gasteiger partial charge < -0.3 is 10.1 Å². The maximum Gasteiger partial charge on any atom is 0.165 e. The Morgan fingerprint density at radius 2 is 2.05 bits per heavy atom. The molecule has 1 saturated carbocycles. The lowest BCUT2D eigenvalue weighted by Gasteiger charge is -2.28. The van der Waals surface area contributed by atoms with Crippen molar-refractivity contribution >= 4 is 0 Å². The molecular weight excluding hydrogens is 241 g/mol. The molecule has 1 atom stereocenters. The summed E-state index contributed by atoms with van der Waals surface area (Å²) in [6.07, 6.45) is 6.74. The van der Waals surface area contributed by atoms with E-state index in [9.17, 15) is 4.39 Å². The summed E-state index contributed by atoms with van der Waals surface area (Å²) in [6.45, 7) is 2.97. The number of rotatable bonds is 5. The maximum absolute atomic E-state index is 13.6. The molecule has 19 heavy (non-hydrogen) atoms. The summed E-state index contributed by atoms with van der Waals surface area (Å²) in [5.41, 5.74) is 0.973. The lowest BCUT2D eigenvalue weighted by Crippen LogP contribution is -2.34. The third kappa shape index (κ3) is 3.93. The van der Waals surface area contributed by atoms with E-state index < -0.39 is 0 Å². The molecule has 2 rings (SSSR count). The Morgan fingerprint density at radius 1 is 1.32 bits per heavy atom. The van der Waals surface area contributed by atoms with Crippen molar-refractivity contribution in [2.75, 3.05) is 7.11 Å². The summed E-state index contributed by atoms with van der Waals surface area (Å²) in [7, 11) is 1.49. The van der Waals surface area contributed by atoms with Crippen molar-refractivity contribution in [3.8, 4) is 5.75 Å². The van der Waals surface area contributed by atoms with Gasteiger partial charge in [-0.1, -0.05) is 25.3 Å². The van der Waals surface area contributed by atoms with Gasteiger partial charge in [0, 0.05) is 12.6 Å². The van der Waals surface area contributed by atoms with Gasteiger partial charge in [0.2, 0.25) is 0 Å². The molecule has 1 aliphatic carbocycles. The predicted molar refractivity (Wildman–Crippen MR) is 75.8 cm³/mol. The van der Waals surface area contributed by atoms with Crippen molar-refractivity contribution in [3.63, 3.8) is 0 Å². The van der Waals surface area contributed by atoms with Crippen molar-refractivity contribution in [1.29, 1.82) is 0 Å². The molecular formula is C16H24FNO. The highest BCUT2D eigenvalue weighted by atomic mass is 19.1. The molecule has 0 radical (unpaired) electrons. The van der Waals surface area contributed by atoms with E-state index in [1.54, 1.807) is 12.1 Å². The van der Waals surface area contributed by atoms with Crippen LogP contribution < -0.4 is 10.1 Å². The van der Waals surface area contributed by atoms with E-state index in [0.29, 0.717) is 11.8 Å². The lowest BCUT2D eigenvalue weighted by atomic mass is 9.84. The standard InChI is InChI=1S/C16H24FNO/c1-12(14-6-4-3-5-7-14)18-11-13-8-9-16(19-2)15(17)10-13/h8-10,12,14,18H,3-7,11H2,1-2H3/t12-/m1/s1. The van der Waals surface area contributed by atoms with Crippen molar-refractivity contribution in [2.24, 2.45) is 5.92 Å². The van der Waals surface area contributed by atoms with Crippen LogP contribution >= 0.6 is 0 Å². The second-order valence-corrected chi connectivity index (χ2v) is 5.54. The molecule has 0 aromatic heterocycles. The van der Waals surface area contributed by atoms with Gasteiger partial charge in [-0.2, -0.15) is 0 Å². The van der Waals surface area contributed by atoms with E-state index in [2.05, 4.69) is 12.2 Å². The third-order valence-electron chi connectivity index (χ3n) is 4.20. The summed E-state index contributed by atoms with van der Waals surface area (Å²) in [4.78, 5) is 0. The number of ether oxygens (including phenoxy) is 1. The first-order valence-corrected chi connectivity index (χ1v) is 7.26. The molecule has 0 amide bonds.